The predicted molar refractivity (Wildman–Crippen MR) is 54.2 cm³/mol. The molecule has 0 aliphatic rings. The molecule has 0 heterocycles. The molecule has 3 N–H and O–H groups in total. The van der Waals surface area contributed by atoms with Crippen LogP contribution in [0.5, 0.6) is 0 Å². The maximum absolute atomic E-state index is 10.8. The van der Waals surface area contributed by atoms with Crippen molar-refractivity contribution in [3.63, 3.8) is 0 Å². The van der Waals surface area contributed by atoms with Gasteiger partial charge >= 0.3 is 29.6 Å². The van der Waals surface area contributed by atoms with Crippen LogP contribution in [0.1, 0.15) is 6.99 Å². The molecular weight excluding hydrogens is 265 g/mol. The van der Waals surface area contributed by atoms with Crippen molar-refractivity contribution >= 4 is 15.8 Å². The van der Waals surface area contributed by atoms with E-state index >= 15 is 0 Å². The molecule has 92 valence electrons. The van der Waals surface area contributed by atoms with Crippen LogP contribution >= 0.6 is 0 Å². The van der Waals surface area contributed by atoms with E-state index in [4.69, 9.17) is 5.26 Å². The van der Waals surface area contributed by atoms with Crippen molar-refractivity contribution in [3.05, 3.63) is 39.9 Å². The van der Waals surface area contributed by atoms with Crippen molar-refractivity contribution in [2.45, 2.75) is 5.75 Å². The van der Waals surface area contributed by atoms with Crippen molar-refractivity contribution in [3.8, 4) is 0 Å². The Labute approximate surface area is 120 Å². The first-order chi connectivity index (χ1) is 6.94. The van der Waals surface area contributed by atoms with Crippen LogP contribution in [-0.2, 0) is 20.2 Å². The summed E-state index contributed by atoms with van der Waals surface area (Å²) in [5.74, 6) is -0.620. The summed E-state index contributed by atoms with van der Waals surface area (Å²) in [7, 11) is -4.08. The van der Waals surface area contributed by atoms with Crippen LogP contribution in [0.3, 0.4) is 0 Å². The summed E-state index contributed by atoms with van der Waals surface area (Å²) in [6.07, 6.45) is 0. The van der Waals surface area contributed by atoms with Crippen LogP contribution in [0.2, 0.25) is 0 Å². The average molecular weight is 275 g/mol. The van der Waals surface area contributed by atoms with Crippen molar-refractivity contribution in [1.29, 1.82) is 0 Å². The first kappa shape index (κ1) is 18.8. The van der Waals surface area contributed by atoms with E-state index in [9.17, 15) is 18.5 Å². The van der Waals surface area contributed by atoms with Gasteiger partial charge in [-0.15, -0.1) is 4.33 Å². The van der Waals surface area contributed by atoms with Gasteiger partial charge in [-0.2, -0.15) is 8.42 Å². The standard InChI is InChI=1S/C7H7NO6S.Na.H2O.H/c9-8(10)7-3-1-2-6(4-7)5-15(12,13)14-11;;;/h1-4,11H,5H2;;1H2;/q;+1;;-1. The molecule has 0 aliphatic heterocycles. The Morgan fingerprint density at radius 3 is 2.53 bits per heavy atom. The van der Waals surface area contributed by atoms with Crippen LogP contribution in [0, 0.1) is 10.1 Å². The van der Waals surface area contributed by atoms with E-state index in [-0.39, 0.29) is 47.7 Å². The molecule has 0 radical (unpaired) electrons. The molecule has 0 fully saturated rings. The first-order valence-electron chi connectivity index (χ1n) is 3.73. The SMILES string of the molecule is O.O=[N+]([O-])c1cccc(CS(=O)(=O)OO)c1.[H-].[Na+]. The first-order valence-corrected chi connectivity index (χ1v) is 5.31. The molecule has 0 unspecified atom stereocenters. The van der Waals surface area contributed by atoms with Gasteiger partial charge in [0.1, 0.15) is 5.75 Å². The van der Waals surface area contributed by atoms with Crippen LogP contribution in [0.25, 0.3) is 0 Å². The van der Waals surface area contributed by atoms with Gasteiger partial charge in [0.05, 0.1) is 4.92 Å². The van der Waals surface area contributed by atoms with Gasteiger partial charge in [-0.1, -0.05) is 12.1 Å². The maximum Gasteiger partial charge on any atom is 1.00 e. The number of hydrogen-bond donors (Lipinski definition) is 1. The normalized spacial score (nSPS) is 9.94. The molecule has 0 aromatic heterocycles. The topological polar surface area (TPSA) is 138 Å². The van der Waals surface area contributed by atoms with E-state index in [1.54, 1.807) is 0 Å². The van der Waals surface area contributed by atoms with E-state index in [2.05, 4.69) is 4.33 Å². The Morgan fingerprint density at radius 1 is 1.47 bits per heavy atom. The van der Waals surface area contributed by atoms with Gasteiger partial charge in [-0.25, -0.2) is 5.26 Å². The van der Waals surface area contributed by atoms with Crippen molar-refractivity contribution in [2.24, 2.45) is 0 Å². The van der Waals surface area contributed by atoms with Gasteiger partial charge in [-0.3, -0.25) is 10.1 Å². The molecule has 0 saturated heterocycles. The maximum atomic E-state index is 10.8. The zero-order valence-electron chi connectivity index (χ0n) is 9.86. The summed E-state index contributed by atoms with van der Waals surface area (Å²) < 4.78 is 24.9. The van der Waals surface area contributed by atoms with Crippen molar-refractivity contribution in [2.75, 3.05) is 0 Å². The summed E-state index contributed by atoms with van der Waals surface area (Å²) in [4.78, 5) is 9.72. The molecular formula is C7H10NNaO7S. The summed E-state index contributed by atoms with van der Waals surface area (Å²) >= 11 is 0. The summed E-state index contributed by atoms with van der Waals surface area (Å²) in [6, 6.07) is 5.05. The predicted octanol–water partition coefficient (Wildman–Crippen LogP) is -2.79. The van der Waals surface area contributed by atoms with Crippen LogP contribution in [0.15, 0.2) is 24.3 Å². The smallest absolute Gasteiger partial charge is 1.00 e. The molecule has 10 heteroatoms. The second-order valence-corrected chi connectivity index (χ2v) is 4.26. The van der Waals surface area contributed by atoms with Crippen molar-refractivity contribution < 1.29 is 59.4 Å². The van der Waals surface area contributed by atoms with Crippen LogP contribution in [0.4, 0.5) is 5.69 Å². The minimum atomic E-state index is -4.08. The number of benzene rings is 1. The van der Waals surface area contributed by atoms with Crippen LogP contribution < -0.4 is 29.6 Å². The summed E-state index contributed by atoms with van der Waals surface area (Å²) in [5.41, 5.74) is -0.0566. The van der Waals surface area contributed by atoms with Gasteiger partial charge < -0.3 is 6.90 Å². The largest absolute Gasteiger partial charge is 1.00 e. The molecule has 0 bridgehead atoms. The van der Waals surface area contributed by atoms with E-state index in [1.165, 1.54) is 18.2 Å². The third-order valence-electron chi connectivity index (χ3n) is 1.58. The van der Waals surface area contributed by atoms with Crippen LogP contribution in [-0.4, -0.2) is 24.1 Å². The Morgan fingerprint density at radius 2 is 2.06 bits per heavy atom. The number of hydrogen-bond acceptors (Lipinski definition) is 6. The number of nitrogens with zero attached hydrogens (tertiary/aromatic N) is 1. The van der Waals surface area contributed by atoms with Gasteiger partial charge in [0.15, 0.2) is 0 Å². The summed E-state index contributed by atoms with van der Waals surface area (Å²) in [6.45, 7) is 0. The number of nitro benzene ring substituents is 1. The van der Waals surface area contributed by atoms with E-state index in [1.807, 2.05) is 0 Å². The second kappa shape index (κ2) is 7.71. The summed E-state index contributed by atoms with van der Waals surface area (Å²) in [5, 5.41) is 18.4. The fourth-order valence-corrected chi connectivity index (χ4v) is 1.63. The molecule has 1 aromatic rings. The quantitative estimate of drug-likeness (QED) is 0.273. The Bertz CT molecular complexity index is 480. The molecule has 8 nitrogen and oxygen atoms in total. The average Bonchev–Trinajstić information content (AvgIpc) is 2.17. The van der Waals surface area contributed by atoms with Gasteiger partial charge in [-0.05, 0) is 5.56 Å². The Kier molecular flexibility index (Phi) is 8.53. The van der Waals surface area contributed by atoms with Crippen molar-refractivity contribution in [1.82, 2.24) is 0 Å². The number of nitro groups is 1. The number of rotatable bonds is 4. The molecule has 1 rings (SSSR count). The number of non-ortho nitro benzene ring substituents is 1. The molecule has 0 saturated carbocycles. The van der Waals surface area contributed by atoms with Gasteiger partial charge in [0, 0.05) is 12.1 Å². The zero-order chi connectivity index (χ0) is 11.5. The zero-order valence-corrected chi connectivity index (χ0v) is 11.7. The third kappa shape index (κ3) is 6.07. The Balaban J connectivity index is -0.000000750. The third-order valence-corrected chi connectivity index (χ3v) is 2.49. The van der Waals surface area contributed by atoms with Gasteiger partial charge in [0.25, 0.3) is 15.8 Å². The molecule has 17 heavy (non-hydrogen) atoms. The molecule has 1 aromatic carbocycles. The van der Waals surface area contributed by atoms with Gasteiger partial charge in [0.2, 0.25) is 0 Å². The van der Waals surface area contributed by atoms with E-state index in [0.29, 0.717) is 0 Å². The Hall–Kier alpha value is -0.550. The fraction of sp³-hybridized carbons (Fsp3) is 0.143. The van der Waals surface area contributed by atoms with E-state index < -0.39 is 20.8 Å². The fourth-order valence-electron chi connectivity index (χ4n) is 0.990. The molecule has 0 amide bonds. The minimum absolute atomic E-state index is 0. The molecule has 0 aliphatic carbocycles. The van der Waals surface area contributed by atoms with E-state index in [0.717, 1.165) is 6.07 Å². The second-order valence-electron chi connectivity index (χ2n) is 2.70. The molecule has 0 spiro atoms. The molecule has 0 atom stereocenters. The monoisotopic (exact) mass is 275 g/mol. The minimum Gasteiger partial charge on any atom is -1.00 e.